The number of hydrogen-bond donors (Lipinski definition) is 1. The number of ether oxygens (including phenoxy) is 2. The fourth-order valence-corrected chi connectivity index (χ4v) is 1.82. The van der Waals surface area contributed by atoms with Crippen LogP contribution in [-0.2, 0) is 0 Å². The first-order valence-electron chi connectivity index (χ1n) is 5.65. The molecular weight excluding hydrogens is 242 g/mol. The van der Waals surface area contributed by atoms with Crippen LogP contribution in [0.2, 0.25) is 0 Å². The molecule has 0 amide bonds. The van der Waals surface area contributed by atoms with Crippen molar-refractivity contribution in [2.45, 2.75) is 0 Å². The molecule has 0 fully saturated rings. The molecule has 19 heavy (non-hydrogen) atoms. The summed E-state index contributed by atoms with van der Waals surface area (Å²) in [5.41, 5.74) is 1.96. The summed E-state index contributed by atoms with van der Waals surface area (Å²) in [5, 5.41) is 18.4. The number of nitriles is 1. The summed E-state index contributed by atoms with van der Waals surface area (Å²) in [6, 6.07) is 12.3. The van der Waals surface area contributed by atoms with E-state index in [0.717, 1.165) is 11.1 Å². The van der Waals surface area contributed by atoms with Gasteiger partial charge in [-0.2, -0.15) is 5.26 Å². The number of rotatable bonds is 3. The van der Waals surface area contributed by atoms with Gasteiger partial charge in [0.2, 0.25) is 0 Å². The van der Waals surface area contributed by atoms with Gasteiger partial charge in [-0.25, -0.2) is 0 Å². The molecule has 0 spiro atoms. The van der Waals surface area contributed by atoms with Gasteiger partial charge < -0.3 is 14.6 Å². The Balaban J connectivity index is 2.50. The Labute approximate surface area is 111 Å². The van der Waals surface area contributed by atoms with Crippen LogP contribution >= 0.6 is 0 Å². The first kappa shape index (κ1) is 12.8. The highest BCUT2D eigenvalue weighted by atomic mass is 16.5. The topological polar surface area (TPSA) is 62.5 Å². The largest absolute Gasteiger partial charge is 0.507 e. The van der Waals surface area contributed by atoms with Gasteiger partial charge in [0.1, 0.15) is 11.8 Å². The summed E-state index contributed by atoms with van der Waals surface area (Å²) >= 11 is 0. The maximum atomic E-state index is 9.50. The van der Waals surface area contributed by atoms with Crippen LogP contribution in [-0.4, -0.2) is 19.3 Å². The zero-order chi connectivity index (χ0) is 13.8. The molecule has 0 aliphatic heterocycles. The van der Waals surface area contributed by atoms with Gasteiger partial charge in [0.25, 0.3) is 0 Å². The van der Waals surface area contributed by atoms with Crippen LogP contribution in [0, 0.1) is 11.3 Å². The Kier molecular flexibility index (Phi) is 3.58. The van der Waals surface area contributed by atoms with E-state index >= 15 is 0 Å². The van der Waals surface area contributed by atoms with Crippen LogP contribution in [0.1, 0.15) is 5.56 Å². The zero-order valence-corrected chi connectivity index (χ0v) is 10.7. The first-order chi connectivity index (χ1) is 9.19. The second-order valence-corrected chi connectivity index (χ2v) is 3.91. The lowest BCUT2D eigenvalue weighted by Crippen LogP contribution is -1.91. The zero-order valence-electron chi connectivity index (χ0n) is 10.7. The van der Waals surface area contributed by atoms with Crippen LogP contribution in [0.3, 0.4) is 0 Å². The summed E-state index contributed by atoms with van der Waals surface area (Å²) in [5.74, 6) is 1.24. The highest BCUT2D eigenvalue weighted by molar-refractivity contribution is 5.70. The third kappa shape index (κ3) is 2.45. The number of phenolic OH excluding ortho intramolecular Hbond substituents is 1. The molecular formula is C15H13NO3. The smallest absolute Gasteiger partial charge is 0.161 e. The standard InChI is InChI=1S/C15H13NO3/c1-18-14-6-4-11(8-15(14)19-2)10-3-5-13(17)12(7-10)9-16/h3-8,17H,1-2H3. The summed E-state index contributed by atoms with van der Waals surface area (Å²) in [7, 11) is 3.14. The molecule has 4 heteroatoms. The van der Waals surface area contributed by atoms with Crippen molar-refractivity contribution in [1.29, 1.82) is 5.26 Å². The van der Waals surface area contributed by atoms with E-state index in [1.807, 2.05) is 18.2 Å². The molecule has 0 saturated carbocycles. The molecule has 2 aromatic carbocycles. The Morgan fingerprint density at radius 1 is 0.947 bits per heavy atom. The number of aromatic hydroxyl groups is 1. The maximum absolute atomic E-state index is 9.50. The molecule has 0 bridgehead atoms. The predicted octanol–water partition coefficient (Wildman–Crippen LogP) is 2.95. The molecule has 2 aromatic rings. The van der Waals surface area contributed by atoms with Crippen molar-refractivity contribution in [2.75, 3.05) is 14.2 Å². The van der Waals surface area contributed by atoms with Crippen molar-refractivity contribution in [2.24, 2.45) is 0 Å². The highest BCUT2D eigenvalue weighted by Crippen LogP contribution is 2.33. The Morgan fingerprint density at radius 3 is 2.21 bits per heavy atom. The van der Waals surface area contributed by atoms with Gasteiger partial charge >= 0.3 is 0 Å². The van der Waals surface area contributed by atoms with Crippen molar-refractivity contribution in [3.8, 4) is 34.4 Å². The summed E-state index contributed by atoms with van der Waals surface area (Å²) < 4.78 is 10.4. The molecule has 2 rings (SSSR count). The number of nitrogens with zero attached hydrogens (tertiary/aromatic N) is 1. The average molecular weight is 255 g/mol. The molecule has 0 aliphatic carbocycles. The Bertz CT molecular complexity index is 644. The molecule has 0 atom stereocenters. The fourth-order valence-electron chi connectivity index (χ4n) is 1.82. The fraction of sp³-hybridized carbons (Fsp3) is 0.133. The van der Waals surface area contributed by atoms with Gasteiger partial charge in [-0.05, 0) is 35.4 Å². The average Bonchev–Trinajstić information content (AvgIpc) is 2.47. The van der Waals surface area contributed by atoms with Gasteiger partial charge in [0.05, 0.1) is 19.8 Å². The molecule has 1 N–H and O–H groups in total. The van der Waals surface area contributed by atoms with E-state index in [4.69, 9.17) is 14.7 Å². The SMILES string of the molecule is COc1ccc(-c2ccc(O)c(C#N)c2)cc1OC. The minimum absolute atomic E-state index is 0.0215. The third-order valence-electron chi connectivity index (χ3n) is 2.83. The van der Waals surface area contributed by atoms with E-state index in [1.54, 1.807) is 32.4 Å². The van der Waals surface area contributed by atoms with Crippen molar-refractivity contribution < 1.29 is 14.6 Å². The van der Waals surface area contributed by atoms with E-state index in [2.05, 4.69) is 0 Å². The van der Waals surface area contributed by atoms with Gasteiger partial charge in [-0.3, -0.25) is 0 Å². The second kappa shape index (κ2) is 5.32. The second-order valence-electron chi connectivity index (χ2n) is 3.91. The lowest BCUT2D eigenvalue weighted by molar-refractivity contribution is 0.355. The van der Waals surface area contributed by atoms with Crippen molar-refractivity contribution in [3.05, 3.63) is 42.0 Å². The molecule has 0 aliphatic rings. The van der Waals surface area contributed by atoms with Crippen molar-refractivity contribution >= 4 is 0 Å². The van der Waals surface area contributed by atoms with Gasteiger partial charge in [-0.15, -0.1) is 0 Å². The van der Waals surface area contributed by atoms with E-state index in [0.29, 0.717) is 11.5 Å². The summed E-state index contributed by atoms with van der Waals surface area (Å²) in [6.07, 6.45) is 0. The number of hydrogen-bond acceptors (Lipinski definition) is 4. The minimum Gasteiger partial charge on any atom is -0.507 e. The van der Waals surface area contributed by atoms with E-state index in [9.17, 15) is 5.11 Å². The lowest BCUT2D eigenvalue weighted by Gasteiger charge is -2.10. The number of methoxy groups -OCH3 is 2. The molecule has 0 saturated heterocycles. The molecule has 0 aromatic heterocycles. The van der Waals surface area contributed by atoms with E-state index < -0.39 is 0 Å². The normalized spacial score (nSPS) is 9.74. The van der Waals surface area contributed by atoms with Crippen LogP contribution < -0.4 is 9.47 Å². The van der Waals surface area contributed by atoms with Crippen LogP contribution in [0.25, 0.3) is 11.1 Å². The van der Waals surface area contributed by atoms with Crippen LogP contribution in [0.15, 0.2) is 36.4 Å². The lowest BCUT2D eigenvalue weighted by atomic mass is 10.0. The third-order valence-corrected chi connectivity index (χ3v) is 2.83. The molecule has 0 unspecified atom stereocenters. The minimum atomic E-state index is -0.0215. The maximum Gasteiger partial charge on any atom is 0.161 e. The van der Waals surface area contributed by atoms with Crippen LogP contribution in [0.5, 0.6) is 17.2 Å². The predicted molar refractivity (Wildman–Crippen MR) is 71.4 cm³/mol. The number of benzene rings is 2. The quantitative estimate of drug-likeness (QED) is 0.915. The van der Waals surface area contributed by atoms with Gasteiger partial charge in [-0.1, -0.05) is 12.1 Å². The van der Waals surface area contributed by atoms with Gasteiger partial charge in [0.15, 0.2) is 11.5 Å². The molecule has 4 nitrogen and oxygen atoms in total. The Hall–Kier alpha value is -2.67. The van der Waals surface area contributed by atoms with E-state index in [-0.39, 0.29) is 11.3 Å². The molecule has 96 valence electrons. The summed E-state index contributed by atoms with van der Waals surface area (Å²) in [4.78, 5) is 0. The highest BCUT2D eigenvalue weighted by Gasteiger charge is 2.08. The van der Waals surface area contributed by atoms with Crippen LogP contribution in [0.4, 0.5) is 0 Å². The molecule has 0 radical (unpaired) electrons. The monoisotopic (exact) mass is 255 g/mol. The Morgan fingerprint density at radius 2 is 1.58 bits per heavy atom. The number of phenols is 1. The molecule has 0 heterocycles. The van der Waals surface area contributed by atoms with Crippen molar-refractivity contribution in [1.82, 2.24) is 0 Å². The van der Waals surface area contributed by atoms with Gasteiger partial charge in [0, 0.05) is 0 Å². The summed E-state index contributed by atoms with van der Waals surface area (Å²) in [6.45, 7) is 0. The van der Waals surface area contributed by atoms with Crippen molar-refractivity contribution in [3.63, 3.8) is 0 Å². The van der Waals surface area contributed by atoms with E-state index in [1.165, 1.54) is 6.07 Å². The first-order valence-corrected chi connectivity index (χ1v) is 5.65.